The third kappa shape index (κ3) is 1.53. The van der Waals surface area contributed by atoms with Crippen LogP contribution < -0.4 is 0 Å². The van der Waals surface area contributed by atoms with Crippen LogP contribution in [0.3, 0.4) is 0 Å². The van der Waals surface area contributed by atoms with Crippen LogP contribution >= 0.6 is 0 Å². The van der Waals surface area contributed by atoms with E-state index in [9.17, 15) is 0 Å². The number of aromatic nitrogens is 3. The van der Waals surface area contributed by atoms with E-state index in [0.717, 1.165) is 11.3 Å². The van der Waals surface area contributed by atoms with Crippen LogP contribution in [0.4, 0.5) is 0 Å². The van der Waals surface area contributed by atoms with E-state index in [1.807, 2.05) is 0 Å². The molecule has 118 valence electrons. The van der Waals surface area contributed by atoms with Gasteiger partial charge < -0.3 is 4.57 Å². The second kappa shape index (κ2) is 4.39. The highest BCUT2D eigenvalue weighted by atomic mass is 15.2. The van der Waals surface area contributed by atoms with Crippen molar-refractivity contribution in [1.29, 1.82) is 0 Å². The van der Waals surface area contributed by atoms with Crippen molar-refractivity contribution in [2.45, 2.75) is 0 Å². The molecular formula is C22H15N3. The van der Waals surface area contributed by atoms with Gasteiger partial charge in [-0.25, -0.2) is 4.98 Å². The summed E-state index contributed by atoms with van der Waals surface area (Å²) in [4.78, 5) is 4.93. The molecule has 0 radical (unpaired) electrons. The summed E-state index contributed by atoms with van der Waals surface area (Å²) in [5.74, 6) is 0.984. The Bertz CT molecular complexity index is 1450. The molecule has 6 aromatic rings. The molecule has 0 N–H and O–H groups in total. The van der Waals surface area contributed by atoms with Gasteiger partial charge in [-0.3, -0.25) is 4.40 Å². The van der Waals surface area contributed by atoms with Crippen LogP contribution in [0.25, 0.3) is 49.4 Å². The summed E-state index contributed by atoms with van der Waals surface area (Å²) in [6.45, 7) is 0. The summed E-state index contributed by atoms with van der Waals surface area (Å²) >= 11 is 0. The molecule has 0 aliphatic rings. The number of aryl methyl sites for hydroxylation is 1. The van der Waals surface area contributed by atoms with E-state index in [1.54, 1.807) is 0 Å². The Hall–Kier alpha value is -3.33. The molecule has 0 spiro atoms. The standard InChI is InChI=1S/C22H15N3/c1-24-21-17-9-5-3-7-15(17)11-13-19(21)25-20-16-8-4-2-6-14(16)10-12-18(20)23-22(24)25/h2-13H,1H3. The minimum atomic E-state index is 0.984. The third-order valence-electron chi connectivity index (χ3n) is 5.28. The fourth-order valence-corrected chi connectivity index (χ4v) is 4.16. The van der Waals surface area contributed by atoms with E-state index in [0.29, 0.717) is 0 Å². The van der Waals surface area contributed by atoms with Gasteiger partial charge in [0.2, 0.25) is 5.78 Å². The zero-order chi connectivity index (χ0) is 16.5. The molecule has 2 aromatic heterocycles. The average molecular weight is 321 g/mol. The lowest BCUT2D eigenvalue weighted by atomic mass is 10.1. The zero-order valence-corrected chi connectivity index (χ0v) is 13.8. The molecule has 2 heterocycles. The Morgan fingerprint density at radius 1 is 0.680 bits per heavy atom. The summed E-state index contributed by atoms with van der Waals surface area (Å²) in [6, 6.07) is 25.8. The van der Waals surface area contributed by atoms with E-state index < -0.39 is 0 Å². The minimum absolute atomic E-state index is 0.984. The molecule has 0 bridgehead atoms. The lowest BCUT2D eigenvalue weighted by Gasteiger charge is -2.03. The quantitative estimate of drug-likeness (QED) is 0.373. The first-order valence-corrected chi connectivity index (χ1v) is 8.49. The van der Waals surface area contributed by atoms with Gasteiger partial charge in [-0.15, -0.1) is 0 Å². The van der Waals surface area contributed by atoms with Gasteiger partial charge in [-0.05, 0) is 22.9 Å². The SMILES string of the molecule is Cn1c2c3ccccc3ccc2n2c3c(ccc4ccccc43)nc12. The second-order valence-electron chi connectivity index (χ2n) is 6.62. The smallest absolute Gasteiger partial charge is 0.215 e. The summed E-state index contributed by atoms with van der Waals surface area (Å²) < 4.78 is 4.52. The maximum atomic E-state index is 4.93. The Balaban J connectivity index is 1.97. The van der Waals surface area contributed by atoms with Crippen LogP contribution in [0, 0.1) is 0 Å². The molecule has 0 saturated heterocycles. The highest BCUT2D eigenvalue weighted by Crippen LogP contribution is 2.33. The van der Waals surface area contributed by atoms with Gasteiger partial charge in [-0.2, -0.15) is 0 Å². The minimum Gasteiger partial charge on any atom is -0.312 e. The lowest BCUT2D eigenvalue weighted by Crippen LogP contribution is -1.89. The van der Waals surface area contributed by atoms with Crippen molar-refractivity contribution in [1.82, 2.24) is 14.0 Å². The number of hydrogen-bond donors (Lipinski definition) is 0. The summed E-state index contributed by atoms with van der Waals surface area (Å²) in [5.41, 5.74) is 4.67. The average Bonchev–Trinajstić information content (AvgIpc) is 3.18. The van der Waals surface area contributed by atoms with Gasteiger partial charge >= 0.3 is 0 Å². The number of hydrogen-bond acceptors (Lipinski definition) is 1. The first kappa shape index (κ1) is 13.0. The molecule has 0 saturated carbocycles. The predicted molar refractivity (Wildman–Crippen MR) is 104 cm³/mol. The fourth-order valence-electron chi connectivity index (χ4n) is 4.16. The van der Waals surface area contributed by atoms with E-state index in [1.165, 1.54) is 38.1 Å². The molecule has 0 fully saturated rings. The number of nitrogens with zero attached hydrogens (tertiary/aromatic N) is 3. The Morgan fingerprint density at radius 2 is 1.32 bits per heavy atom. The first-order valence-electron chi connectivity index (χ1n) is 8.49. The van der Waals surface area contributed by atoms with Crippen LogP contribution in [0.5, 0.6) is 0 Å². The Morgan fingerprint density at radius 3 is 2.08 bits per heavy atom. The zero-order valence-electron chi connectivity index (χ0n) is 13.8. The third-order valence-corrected chi connectivity index (χ3v) is 5.28. The van der Waals surface area contributed by atoms with Gasteiger partial charge in [0, 0.05) is 17.8 Å². The van der Waals surface area contributed by atoms with Gasteiger partial charge in [0.1, 0.15) is 0 Å². The molecule has 3 nitrogen and oxygen atoms in total. The van der Waals surface area contributed by atoms with Gasteiger partial charge in [0.15, 0.2) is 0 Å². The predicted octanol–water partition coefficient (Wildman–Crippen LogP) is 5.29. The Kier molecular flexibility index (Phi) is 2.29. The van der Waals surface area contributed by atoms with Crippen LogP contribution in [-0.2, 0) is 7.05 Å². The van der Waals surface area contributed by atoms with Gasteiger partial charge in [0.05, 0.1) is 22.1 Å². The molecule has 0 amide bonds. The summed E-state index contributed by atoms with van der Waals surface area (Å²) in [7, 11) is 2.11. The van der Waals surface area contributed by atoms with Gasteiger partial charge in [0.25, 0.3) is 0 Å². The number of imidazole rings is 2. The number of benzene rings is 4. The summed E-state index contributed by atoms with van der Waals surface area (Å²) in [5, 5.41) is 5.01. The highest BCUT2D eigenvalue weighted by Gasteiger charge is 2.17. The van der Waals surface area contributed by atoms with Crippen molar-refractivity contribution >= 4 is 49.4 Å². The molecule has 0 aliphatic carbocycles. The van der Waals surface area contributed by atoms with Crippen molar-refractivity contribution in [2.75, 3.05) is 0 Å². The second-order valence-corrected chi connectivity index (χ2v) is 6.62. The maximum absolute atomic E-state index is 4.93. The van der Waals surface area contributed by atoms with E-state index >= 15 is 0 Å². The highest BCUT2D eigenvalue weighted by molar-refractivity contribution is 6.11. The van der Waals surface area contributed by atoms with Gasteiger partial charge in [-0.1, -0.05) is 60.7 Å². The molecular weight excluding hydrogens is 306 g/mol. The molecule has 25 heavy (non-hydrogen) atoms. The molecule has 6 rings (SSSR count). The van der Waals surface area contributed by atoms with Crippen LogP contribution in [-0.4, -0.2) is 14.0 Å². The topological polar surface area (TPSA) is 22.2 Å². The molecule has 4 aromatic carbocycles. The Labute approximate surface area is 143 Å². The molecule has 0 aliphatic heterocycles. The van der Waals surface area contributed by atoms with Crippen molar-refractivity contribution in [2.24, 2.45) is 7.05 Å². The first-order chi connectivity index (χ1) is 12.3. The van der Waals surface area contributed by atoms with Crippen LogP contribution in [0.1, 0.15) is 0 Å². The van der Waals surface area contributed by atoms with Crippen molar-refractivity contribution in [3.8, 4) is 0 Å². The van der Waals surface area contributed by atoms with Crippen molar-refractivity contribution < 1.29 is 0 Å². The monoisotopic (exact) mass is 321 g/mol. The number of fused-ring (bicyclic) bond motifs is 9. The molecule has 0 atom stereocenters. The van der Waals surface area contributed by atoms with Crippen LogP contribution in [0.2, 0.25) is 0 Å². The summed E-state index contributed by atoms with van der Waals surface area (Å²) in [6.07, 6.45) is 0. The van der Waals surface area contributed by atoms with E-state index in [4.69, 9.17) is 4.98 Å². The van der Waals surface area contributed by atoms with E-state index in [2.05, 4.69) is 88.8 Å². The largest absolute Gasteiger partial charge is 0.312 e. The number of rotatable bonds is 0. The molecule has 0 unspecified atom stereocenters. The fraction of sp³-hybridized carbons (Fsp3) is 0.0455. The van der Waals surface area contributed by atoms with E-state index in [-0.39, 0.29) is 0 Å². The van der Waals surface area contributed by atoms with Crippen molar-refractivity contribution in [3.63, 3.8) is 0 Å². The maximum Gasteiger partial charge on any atom is 0.215 e. The molecule has 3 heteroatoms. The van der Waals surface area contributed by atoms with Crippen molar-refractivity contribution in [3.05, 3.63) is 72.8 Å². The lowest BCUT2D eigenvalue weighted by molar-refractivity contribution is 0.977. The normalized spacial score (nSPS) is 12.2. The van der Waals surface area contributed by atoms with Crippen LogP contribution in [0.15, 0.2) is 72.8 Å².